The van der Waals surface area contributed by atoms with Crippen molar-refractivity contribution < 1.29 is 19.4 Å². The number of carbonyl (C=O) groups is 2. The van der Waals surface area contributed by atoms with Gasteiger partial charge in [-0.3, -0.25) is 9.59 Å². The Labute approximate surface area is 107 Å². The third-order valence-corrected chi connectivity index (χ3v) is 2.59. The molecule has 1 rings (SSSR count). The fraction of sp³-hybridized carbons (Fsp3) is 0.429. The molecule has 0 aromatic heterocycles. The van der Waals surface area contributed by atoms with E-state index in [0.29, 0.717) is 11.3 Å². The van der Waals surface area contributed by atoms with Crippen molar-refractivity contribution in [3.8, 4) is 5.75 Å². The number of hydrogen-bond acceptors (Lipinski definition) is 3. The van der Waals surface area contributed by atoms with Crippen molar-refractivity contribution >= 4 is 11.8 Å². The first-order chi connectivity index (χ1) is 8.25. The molecule has 0 unspecified atom stereocenters. The number of ether oxygens (including phenoxy) is 1. The number of hydrogen-bond donors (Lipinski definition) is 1. The molecule has 1 aromatic carbocycles. The third kappa shape index (κ3) is 3.09. The topological polar surface area (TPSA) is 63.6 Å². The Morgan fingerprint density at radius 1 is 1.17 bits per heavy atom. The molecule has 4 nitrogen and oxygen atoms in total. The lowest BCUT2D eigenvalue weighted by molar-refractivity contribution is -0.144. The smallest absolute Gasteiger partial charge is 0.316 e. The highest BCUT2D eigenvalue weighted by atomic mass is 16.5. The zero-order valence-electron chi connectivity index (χ0n) is 11.1. The number of carboxylic acid groups (broad SMARTS) is 1. The van der Waals surface area contributed by atoms with E-state index in [-0.39, 0.29) is 6.10 Å². The number of aliphatic carboxylic acids is 1. The summed E-state index contributed by atoms with van der Waals surface area (Å²) in [5.74, 6) is -0.879. The van der Waals surface area contributed by atoms with Gasteiger partial charge in [0.05, 0.1) is 6.10 Å². The van der Waals surface area contributed by atoms with Gasteiger partial charge in [-0.2, -0.15) is 0 Å². The molecule has 0 amide bonds. The van der Waals surface area contributed by atoms with E-state index in [2.05, 4.69) is 0 Å². The monoisotopic (exact) mass is 250 g/mol. The number of carbonyl (C=O) groups excluding carboxylic acids is 1. The largest absolute Gasteiger partial charge is 0.491 e. The molecule has 0 spiro atoms. The first-order valence-electron chi connectivity index (χ1n) is 5.80. The second-order valence-corrected chi connectivity index (χ2v) is 4.95. The van der Waals surface area contributed by atoms with Crippen molar-refractivity contribution in [2.45, 2.75) is 33.8 Å². The Morgan fingerprint density at radius 2 is 1.67 bits per heavy atom. The van der Waals surface area contributed by atoms with Gasteiger partial charge in [0.25, 0.3) is 0 Å². The summed E-state index contributed by atoms with van der Waals surface area (Å²) in [7, 11) is 0. The Balaban J connectivity index is 2.92. The Bertz CT molecular complexity index is 443. The Morgan fingerprint density at radius 3 is 2.06 bits per heavy atom. The lowest BCUT2D eigenvalue weighted by atomic mass is 9.84. The molecule has 0 aliphatic carbocycles. The normalized spacial score (nSPS) is 11.4. The zero-order chi connectivity index (χ0) is 13.9. The molecule has 0 heterocycles. The summed E-state index contributed by atoms with van der Waals surface area (Å²) in [5, 5.41) is 9.00. The second-order valence-electron chi connectivity index (χ2n) is 4.95. The number of carboxylic acids is 1. The van der Waals surface area contributed by atoms with E-state index in [0.717, 1.165) is 0 Å². The zero-order valence-corrected chi connectivity index (χ0v) is 11.1. The number of ketones is 1. The molecule has 0 bridgehead atoms. The van der Waals surface area contributed by atoms with Crippen LogP contribution in [0.3, 0.4) is 0 Å². The third-order valence-electron chi connectivity index (χ3n) is 2.59. The van der Waals surface area contributed by atoms with Crippen LogP contribution in [0.1, 0.15) is 38.1 Å². The molecule has 0 saturated carbocycles. The van der Waals surface area contributed by atoms with E-state index in [4.69, 9.17) is 9.84 Å². The summed E-state index contributed by atoms with van der Waals surface area (Å²) < 4.78 is 5.45. The molecule has 18 heavy (non-hydrogen) atoms. The number of benzene rings is 1. The summed E-state index contributed by atoms with van der Waals surface area (Å²) in [6, 6.07) is 6.52. The molecule has 0 radical (unpaired) electrons. The predicted octanol–water partition coefficient (Wildman–Crippen LogP) is 2.77. The molecule has 0 aliphatic rings. The van der Waals surface area contributed by atoms with Crippen LogP contribution in [0.25, 0.3) is 0 Å². The van der Waals surface area contributed by atoms with Crippen LogP contribution in [-0.2, 0) is 4.79 Å². The van der Waals surface area contributed by atoms with Gasteiger partial charge in [0, 0.05) is 5.56 Å². The maximum atomic E-state index is 12.0. The number of Topliss-reactive ketones (excluding diaryl/α,β-unsaturated/α-hetero) is 1. The second kappa shape index (κ2) is 5.21. The average molecular weight is 250 g/mol. The van der Waals surface area contributed by atoms with E-state index >= 15 is 0 Å². The highest BCUT2D eigenvalue weighted by Crippen LogP contribution is 2.24. The highest BCUT2D eigenvalue weighted by molar-refractivity contribution is 6.11. The van der Waals surface area contributed by atoms with Gasteiger partial charge in [0.2, 0.25) is 0 Å². The summed E-state index contributed by atoms with van der Waals surface area (Å²) >= 11 is 0. The Hall–Kier alpha value is -1.84. The van der Waals surface area contributed by atoms with Crippen LogP contribution in [0, 0.1) is 5.41 Å². The molecule has 0 atom stereocenters. The van der Waals surface area contributed by atoms with E-state index in [1.807, 2.05) is 13.8 Å². The molecule has 1 aromatic rings. The van der Waals surface area contributed by atoms with Crippen LogP contribution < -0.4 is 4.74 Å². The lowest BCUT2D eigenvalue weighted by Gasteiger charge is -2.17. The molecular formula is C14H18O4. The predicted molar refractivity (Wildman–Crippen MR) is 68.0 cm³/mol. The van der Waals surface area contributed by atoms with Crippen molar-refractivity contribution in [3.63, 3.8) is 0 Å². The van der Waals surface area contributed by atoms with Gasteiger partial charge in [-0.1, -0.05) is 0 Å². The van der Waals surface area contributed by atoms with Crippen LogP contribution in [-0.4, -0.2) is 23.0 Å². The molecule has 4 heteroatoms. The van der Waals surface area contributed by atoms with E-state index in [9.17, 15) is 9.59 Å². The van der Waals surface area contributed by atoms with Gasteiger partial charge < -0.3 is 9.84 Å². The standard InChI is InChI=1S/C14H18O4/c1-9(2)18-11-7-5-10(6-8-11)12(15)14(3,4)13(16)17/h5-9H,1-4H3,(H,16,17). The van der Waals surface area contributed by atoms with Crippen LogP contribution >= 0.6 is 0 Å². The van der Waals surface area contributed by atoms with Crippen LogP contribution in [0.2, 0.25) is 0 Å². The average Bonchev–Trinajstić information content (AvgIpc) is 2.28. The minimum absolute atomic E-state index is 0.0574. The van der Waals surface area contributed by atoms with Gasteiger partial charge in [0.15, 0.2) is 5.78 Å². The van der Waals surface area contributed by atoms with Crippen molar-refractivity contribution in [1.29, 1.82) is 0 Å². The van der Waals surface area contributed by atoms with Gasteiger partial charge in [-0.15, -0.1) is 0 Å². The van der Waals surface area contributed by atoms with Crippen molar-refractivity contribution in [2.75, 3.05) is 0 Å². The number of rotatable bonds is 5. The maximum absolute atomic E-state index is 12.0. The summed E-state index contributed by atoms with van der Waals surface area (Å²) in [4.78, 5) is 23.0. The van der Waals surface area contributed by atoms with Crippen LogP contribution in [0.5, 0.6) is 5.75 Å². The van der Waals surface area contributed by atoms with Crippen molar-refractivity contribution in [2.24, 2.45) is 5.41 Å². The fourth-order valence-electron chi connectivity index (χ4n) is 1.42. The highest BCUT2D eigenvalue weighted by Gasteiger charge is 2.36. The minimum atomic E-state index is -1.42. The van der Waals surface area contributed by atoms with Crippen molar-refractivity contribution in [3.05, 3.63) is 29.8 Å². The van der Waals surface area contributed by atoms with Crippen LogP contribution in [0.15, 0.2) is 24.3 Å². The molecule has 98 valence electrons. The SMILES string of the molecule is CC(C)Oc1ccc(C(=O)C(C)(C)C(=O)O)cc1. The summed E-state index contributed by atoms with van der Waals surface area (Å²) in [5.41, 5.74) is -1.04. The summed E-state index contributed by atoms with van der Waals surface area (Å²) in [6.07, 6.45) is 0.0574. The van der Waals surface area contributed by atoms with E-state index in [1.165, 1.54) is 13.8 Å². The molecular weight excluding hydrogens is 232 g/mol. The minimum Gasteiger partial charge on any atom is -0.491 e. The molecule has 1 N–H and O–H groups in total. The Kier molecular flexibility index (Phi) is 4.11. The molecule has 0 saturated heterocycles. The van der Waals surface area contributed by atoms with Gasteiger partial charge in [0.1, 0.15) is 11.2 Å². The van der Waals surface area contributed by atoms with Gasteiger partial charge >= 0.3 is 5.97 Å². The molecule has 0 aliphatic heterocycles. The molecule has 0 fully saturated rings. The van der Waals surface area contributed by atoms with Gasteiger partial charge in [-0.25, -0.2) is 0 Å². The quantitative estimate of drug-likeness (QED) is 0.644. The van der Waals surface area contributed by atoms with Crippen molar-refractivity contribution in [1.82, 2.24) is 0 Å². The first-order valence-corrected chi connectivity index (χ1v) is 5.80. The fourth-order valence-corrected chi connectivity index (χ4v) is 1.42. The lowest BCUT2D eigenvalue weighted by Crippen LogP contribution is -2.33. The first kappa shape index (κ1) is 14.2. The van der Waals surface area contributed by atoms with Gasteiger partial charge in [-0.05, 0) is 52.0 Å². The van der Waals surface area contributed by atoms with Crippen LogP contribution in [0.4, 0.5) is 0 Å². The van der Waals surface area contributed by atoms with E-state index in [1.54, 1.807) is 24.3 Å². The maximum Gasteiger partial charge on any atom is 0.316 e. The van der Waals surface area contributed by atoms with E-state index < -0.39 is 17.2 Å². The summed E-state index contributed by atoms with van der Waals surface area (Å²) in [6.45, 7) is 6.62.